The molecule has 21 heavy (non-hydrogen) atoms. The first-order valence-electron chi connectivity index (χ1n) is 6.87. The number of nitrogens with one attached hydrogen (secondary N) is 1. The van der Waals surface area contributed by atoms with Gasteiger partial charge in [-0.2, -0.15) is 5.10 Å². The number of aliphatic hydroxyl groups is 1. The van der Waals surface area contributed by atoms with Gasteiger partial charge in [0.2, 0.25) is 0 Å². The molecule has 1 aliphatic heterocycles. The second-order valence-corrected chi connectivity index (χ2v) is 5.22. The number of rotatable bonds is 2. The number of benzene rings is 2. The van der Waals surface area contributed by atoms with Gasteiger partial charge in [-0.05, 0) is 6.92 Å². The molecule has 0 fully saturated rings. The number of hydrogen-bond acceptors (Lipinski definition) is 3. The van der Waals surface area contributed by atoms with Gasteiger partial charge in [-0.3, -0.25) is 5.41 Å². The first kappa shape index (κ1) is 13.5. The van der Waals surface area contributed by atoms with E-state index < -0.39 is 5.72 Å². The normalized spacial score (nSPS) is 21.2. The third-order valence-electron chi connectivity index (χ3n) is 3.62. The molecule has 1 heterocycles. The summed E-state index contributed by atoms with van der Waals surface area (Å²) in [4.78, 5) is 0. The van der Waals surface area contributed by atoms with Crippen LogP contribution in [-0.4, -0.2) is 21.7 Å². The van der Waals surface area contributed by atoms with E-state index >= 15 is 0 Å². The number of hydrazone groups is 1. The second-order valence-electron chi connectivity index (χ2n) is 5.22. The van der Waals surface area contributed by atoms with E-state index in [0.29, 0.717) is 6.42 Å². The Bertz CT molecular complexity index is 682. The highest BCUT2D eigenvalue weighted by Crippen LogP contribution is 2.36. The van der Waals surface area contributed by atoms with Crippen LogP contribution in [0.25, 0.3) is 0 Å². The van der Waals surface area contributed by atoms with Gasteiger partial charge in [-0.1, -0.05) is 60.7 Å². The van der Waals surface area contributed by atoms with Gasteiger partial charge in [-0.25, -0.2) is 5.01 Å². The molecule has 0 spiro atoms. The van der Waals surface area contributed by atoms with Crippen LogP contribution < -0.4 is 0 Å². The predicted octanol–water partition coefficient (Wildman–Crippen LogP) is 2.94. The van der Waals surface area contributed by atoms with Crippen LogP contribution in [0.5, 0.6) is 0 Å². The molecule has 0 unspecified atom stereocenters. The molecule has 4 heteroatoms. The maximum absolute atomic E-state index is 11.1. The number of hydrogen-bond donors (Lipinski definition) is 2. The van der Waals surface area contributed by atoms with Gasteiger partial charge in [0.05, 0.1) is 0 Å². The molecule has 0 saturated heterocycles. The lowest BCUT2D eigenvalue weighted by Crippen LogP contribution is -2.43. The van der Waals surface area contributed by atoms with Crippen molar-refractivity contribution < 1.29 is 5.11 Å². The minimum atomic E-state index is -1.29. The van der Waals surface area contributed by atoms with Crippen molar-refractivity contribution in [3.63, 3.8) is 0 Å². The quantitative estimate of drug-likeness (QED) is 0.656. The van der Waals surface area contributed by atoms with E-state index in [0.717, 1.165) is 16.8 Å². The smallest absolute Gasteiger partial charge is 0.191 e. The van der Waals surface area contributed by atoms with Crippen molar-refractivity contribution in [1.82, 2.24) is 5.01 Å². The fourth-order valence-electron chi connectivity index (χ4n) is 2.60. The van der Waals surface area contributed by atoms with Gasteiger partial charge >= 0.3 is 0 Å². The highest BCUT2D eigenvalue weighted by atomic mass is 16.3. The highest BCUT2D eigenvalue weighted by molar-refractivity contribution is 5.99. The Morgan fingerprint density at radius 1 is 1.10 bits per heavy atom. The van der Waals surface area contributed by atoms with Crippen molar-refractivity contribution >= 4 is 11.5 Å². The molecule has 0 amide bonds. The molecule has 2 N–H and O–H groups in total. The van der Waals surface area contributed by atoms with E-state index in [-0.39, 0.29) is 5.84 Å². The molecule has 0 bridgehead atoms. The van der Waals surface area contributed by atoms with Crippen LogP contribution in [-0.2, 0) is 5.72 Å². The van der Waals surface area contributed by atoms with Crippen molar-refractivity contribution in [2.45, 2.75) is 19.1 Å². The van der Waals surface area contributed by atoms with Crippen LogP contribution in [0.4, 0.5) is 0 Å². The molecule has 3 rings (SSSR count). The Balaban J connectivity index is 2.01. The molecular weight excluding hydrogens is 262 g/mol. The van der Waals surface area contributed by atoms with Crippen molar-refractivity contribution in [3.8, 4) is 0 Å². The summed E-state index contributed by atoms with van der Waals surface area (Å²) in [5.74, 6) is 0.193. The van der Waals surface area contributed by atoms with E-state index in [9.17, 15) is 5.11 Å². The Morgan fingerprint density at radius 3 is 2.29 bits per heavy atom. The lowest BCUT2D eigenvalue weighted by Gasteiger charge is -2.33. The molecule has 106 valence electrons. The van der Waals surface area contributed by atoms with Crippen LogP contribution in [0.15, 0.2) is 65.8 Å². The standard InChI is InChI=1S/C17H17N3O/c1-13-12-17(21,15-10-6-3-7-11-15)20(19-13)16(18)14-8-4-2-5-9-14/h2-11,18,21H,12H2,1H3/t17-/m1/s1. The maximum Gasteiger partial charge on any atom is 0.191 e. The molecule has 0 aliphatic carbocycles. The summed E-state index contributed by atoms with van der Waals surface area (Å²) >= 11 is 0. The number of nitrogens with zero attached hydrogens (tertiary/aromatic N) is 2. The maximum atomic E-state index is 11.1. The van der Waals surface area contributed by atoms with Crippen molar-refractivity contribution in [2.24, 2.45) is 5.10 Å². The van der Waals surface area contributed by atoms with Gasteiger partial charge in [0, 0.05) is 23.3 Å². The van der Waals surface area contributed by atoms with Crippen LogP contribution >= 0.6 is 0 Å². The summed E-state index contributed by atoms with van der Waals surface area (Å²) in [7, 11) is 0. The van der Waals surface area contributed by atoms with E-state index in [1.807, 2.05) is 67.6 Å². The van der Waals surface area contributed by atoms with Gasteiger partial charge in [-0.15, -0.1) is 0 Å². The third kappa shape index (κ3) is 2.34. The van der Waals surface area contributed by atoms with E-state index in [4.69, 9.17) is 5.41 Å². The molecule has 2 aromatic rings. The van der Waals surface area contributed by atoms with Gasteiger partial charge in [0.15, 0.2) is 11.6 Å². The van der Waals surface area contributed by atoms with Crippen LogP contribution in [0.1, 0.15) is 24.5 Å². The highest BCUT2D eigenvalue weighted by Gasteiger charge is 2.43. The lowest BCUT2D eigenvalue weighted by atomic mass is 9.97. The average molecular weight is 279 g/mol. The molecule has 2 aromatic carbocycles. The molecule has 0 radical (unpaired) electrons. The number of amidine groups is 1. The lowest BCUT2D eigenvalue weighted by molar-refractivity contribution is -0.0573. The molecule has 0 aromatic heterocycles. The Morgan fingerprint density at radius 2 is 1.67 bits per heavy atom. The summed E-state index contributed by atoms with van der Waals surface area (Å²) in [5, 5.41) is 25.3. The molecule has 4 nitrogen and oxygen atoms in total. The summed E-state index contributed by atoms with van der Waals surface area (Å²) in [6.45, 7) is 1.87. The zero-order chi connectivity index (χ0) is 14.9. The first-order valence-corrected chi connectivity index (χ1v) is 6.87. The molecule has 1 atom stereocenters. The van der Waals surface area contributed by atoms with Gasteiger partial charge in [0.1, 0.15) is 0 Å². The second kappa shape index (κ2) is 5.14. The van der Waals surface area contributed by atoms with E-state index in [2.05, 4.69) is 5.10 Å². The molecular formula is C17H17N3O. The Hall–Kier alpha value is -2.46. The summed E-state index contributed by atoms with van der Waals surface area (Å²) in [6.07, 6.45) is 0.395. The largest absolute Gasteiger partial charge is 0.365 e. The van der Waals surface area contributed by atoms with E-state index in [1.165, 1.54) is 5.01 Å². The van der Waals surface area contributed by atoms with Crippen LogP contribution in [0.2, 0.25) is 0 Å². The first-order chi connectivity index (χ1) is 10.1. The van der Waals surface area contributed by atoms with Gasteiger partial charge in [0.25, 0.3) is 0 Å². The minimum absolute atomic E-state index is 0.193. The zero-order valence-electron chi connectivity index (χ0n) is 11.8. The Labute approximate surface area is 123 Å². The van der Waals surface area contributed by atoms with Crippen molar-refractivity contribution in [1.29, 1.82) is 5.41 Å². The monoisotopic (exact) mass is 279 g/mol. The fraction of sp³-hybridized carbons (Fsp3) is 0.176. The topological polar surface area (TPSA) is 59.7 Å². The van der Waals surface area contributed by atoms with E-state index in [1.54, 1.807) is 0 Å². The summed E-state index contributed by atoms with van der Waals surface area (Å²) < 4.78 is 0. The molecule has 0 saturated carbocycles. The van der Waals surface area contributed by atoms with Gasteiger partial charge < -0.3 is 5.11 Å². The Kier molecular flexibility index (Phi) is 3.31. The fourth-order valence-corrected chi connectivity index (χ4v) is 2.60. The third-order valence-corrected chi connectivity index (χ3v) is 3.62. The van der Waals surface area contributed by atoms with Crippen LogP contribution in [0.3, 0.4) is 0 Å². The predicted molar refractivity (Wildman–Crippen MR) is 83.2 cm³/mol. The van der Waals surface area contributed by atoms with Crippen molar-refractivity contribution in [3.05, 3.63) is 71.8 Å². The van der Waals surface area contributed by atoms with Crippen molar-refractivity contribution in [2.75, 3.05) is 0 Å². The average Bonchev–Trinajstić information content (AvgIpc) is 2.84. The zero-order valence-corrected chi connectivity index (χ0v) is 11.8. The van der Waals surface area contributed by atoms with Crippen LogP contribution in [0, 0.1) is 5.41 Å². The SMILES string of the molecule is CC1=NN(C(=N)c2ccccc2)[C@](O)(c2ccccc2)C1. The summed E-state index contributed by atoms with van der Waals surface area (Å²) in [5.41, 5.74) is 0.983. The molecule has 1 aliphatic rings. The summed E-state index contributed by atoms with van der Waals surface area (Å²) in [6, 6.07) is 18.7. The minimum Gasteiger partial charge on any atom is -0.365 e.